The monoisotopic (exact) mass is 315 g/mol. The van der Waals surface area contributed by atoms with Gasteiger partial charge in [-0.3, -0.25) is 14.5 Å². The molecule has 0 spiro atoms. The third kappa shape index (κ3) is 2.70. The van der Waals surface area contributed by atoms with E-state index in [1.807, 2.05) is 12.1 Å². The van der Waals surface area contributed by atoms with Crippen LogP contribution in [0, 0.1) is 0 Å². The van der Waals surface area contributed by atoms with E-state index in [1.165, 1.54) is 4.90 Å². The molecule has 3 rings (SSSR count). The van der Waals surface area contributed by atoms with Gasteiger partial charge in [0.05, 0.1) is 12.2 Å². The molecule has 1 aliphatic rings. The number of carbonyl (C=O) groups is 2. The topological polar surface area (TPSA) is 46.6 Å². The summed E-state index contributed by atoms with van der Waals surface area (Å²) in [6, 6.07) is 13.9. The fourth-order valence-electron chi connectivity index (χ4n) is 2.42. The van der Waals surface area contributed by atoms with Gasteiger partial charge in [0.1, 0.15) is 5.75 Å². The lowest BCUT2D eigenvalue weighted by molar-refractivity contribution is -0.125. The maximum atomic E-state index is 12.4. The van der Waals surface area contributed by atoms with E-state index in [-0.39, 0.29) is 18.2 Å². The molecule has 1 aliphatic heterocycles. The van der Waals surface area contributed by atoms with E-state index in [4.69, 9.17) is 16.3 Å². The van der Waals surface area contributed by atoms with Crippen molar-refractivity contribution in [3.63, 3.8) is 0 Å². The van der Waals surface area contributed by atoms with Crippen molar-refractivity contribution >= 4 is 29.0 Å². The Morgan fingerprint density at radius 3 is 2.77 bits per heavy atom. The zero-order chi connectivity index (χ0) is 15.7. The first kappa shape index (κ1) is 14.6. The number of para-hydroxylation sites is 2. The van der Waals surface area contributed by atoms with Crippen LogP contribution in [0.3, 0.4) is 0 Å². The Hall–Kier alpha value is -2.33. The molecule has 0 unspecified atom stereocenters. The van der Waals surface area contributed by atoms with Gasteiger partial charge in [0.25, 0.3) is 5.91 Å². The summed E-state index contributed by atoms with van der Waals surface area (Å²) in [7, 11) is 0. The van der Waals surface area contributed by atoms with Gasteiger partial charge in [0.2, 0.25) is 0 Å². The molecule has 0 saturated heterocycles. The van der Waals surface area contributed by atoms with Gasteiger partial charge >= 0.3 is 0 Å². The smallest absolute Gasteiger partial charge is 0.268 e. The van der Waals surface area contributed by atoms with E-state index in [1.54, 1.807) is 43.3 Å². The van der Waals surface area contributed by atoms with Gasteiger partial charge in [-0.2, -0.15) is 0 Å². The van der Waals surface area contributed by atoms with Crippen LogP contribution >= 0.6 is 11.6 Å². The molecule has 22 heavy (non-hydrogen) atoms. The van der Waals surface area contributed by atoms with Crippen LogP contribution in [0.25, 0.3) is 0 Å². The molecule has 112 valence electrons. The van der Waals surface area contributed by atoms with Crippen molar-refractivity contribution in [2.75, 3.05) is 11.4 Å². The van der Waals surface area contributed by atoms with Crippen molar-refractivity contribution in [3.05, 3.63) is 59.1 Å². The van der Waals surface area contributed by atoms with Crippen LogP contribution in [0.5, 0.6) is 5.75 Å². The average Bonchev–Trinajstić information content (AvgIpc) is 2.51. The van der Waals surface area contributed by atoms with Crippen LogP contribution in [0.4, 0.5) is 5.69 Å². The molecule has 4 nitrogen and oxygen atoms in total. The molecule has 5 heteroatoms. The number of benzene rings is 2. The third-order valence-electron chi connectivity index (χ3n) is 3.52. The molecule has 0 N–H and O–H groups in total. The van der Waals surface area contributed by atoms with Gasteiger partial charge < -0.3 is 4.74 Å². The van der Waals surface area contributed by atoms with Gasteiger partial charge in [-0.05, 0) is 31.2 Å². The number of halogens is 1. The number of amides is 1. The minimum atomic E-state index is -0.609. The highest BCUT2D eigenvalue weighted by molar-refractivity contribution is 6.31. The van der Waals surface area contributed by atoms with Crippen molar-refractivity contribution in [1.29, 1.82) is 0 Å². The maximum absolute atomic E-state index is 12.4. The summed E-state index contributed by atoms with van der Waals surface area (Å²) in [5.41, 5.74) is 1.10. The second-order valence-corrected chi connectivity index (χ2v) is 5.52. The highest BCUT2D eigenvalue weighted by atomic mass is 35.5. The zero-order valence-corrected chi connectivity index (χ0v) is 12.7. The second-order valence-electron chi connectivity index (χ2n) is 5.09. The standard InChI is InChI=1S/C17H14ClNO3/c1-11-17(21)19(14-7-2-3-8-16(14)22-11)10-15(20)12-5-4-6-13(18)9-12/h2-9,11H,10H2,1H3/t11-/m0/s1. The van der Waals surface area contributed by atoms with Crippen LogP contribution in [0.1, 0.15) is 17.3 Å². The average molecular weight is 316 g/mol. The van der Waals surface area contributed by atoms with Crippen LogP contribution in [-0.2, 0) is 4.79 Å². The molecule has 0 bridgehead atoms. The van der Waals surface area contributed by atoms with Crippen LogP contribution < -0.4 is 9.64 Å². The first-order valence-corrected chi connectivity index (χ1v) is 7.30. The number of fused-ring (bicyclic) bond motifs is 1. The molecule has 2 aromatic rings. The molecule has 0 aliphatic carbocycles. The Labute approximate surface area is 133 Å². The van der Waals surface area contributed by atoms with E-state index in [0.717, 1.165) is 0 Å². The van der Waals surface area contributed by atoms with E-state index < -0.39 is 6.10 Å². The molecule has 0 fully saturated rings. The number of hydrogen-bond donors (Lipinski definition) is 0. The quantitative estimate of drug-likeness (QED) is 0.816. The molecule has 2 aromatic carbocycles. The van der Waals surface area contributed by atoms with Crippen molar-refractivity contribution < 1.29 is 14.3 Å². The van der Waals surface area contributed by atoms with Gasteiger partial charge in [0, 0.05) is 10.6 Å². The minimum absolute atomic E-state index is 0.0378. The Balaban J connectivity index is 1.91. The van der Waals surface area contributed by atoms with Crippen molar-refractivity contribution in [1.82, 2.24) is 0 Å². The first-order chi connectivity index (χ1) is 10.6. The molecular formula is C17H14ClNO3. The highest BCUT2D eigenvalue weighted by Crippen LogP contribution is 2.33. The highest BCUT2D eigenvalue weighted by Gasteiger charge is 2.32. The van der Waals surface area contributed by atoms with Gasteiger partial charge in [0.15, 0.2) is 11.9 Å². The molecule has 0 aromatic heterocycles. The Kier molecular flexibility index (Phi) is 3.86. The van der Waals surface area contributed by atoms with Crippen molar-refractivity contribution in [2.24, 2.45) is 0 Å². The minimum Gasteiger partial charge on any atom is -0.479 e. The maximum Gasteiger partial charge on any atom is 0.268 e. The van der Waals surface area contributed by atoms with E-state index in [0.29, 0.717) is 22.0 Å². The predicted octanol–water partition coefficient (Wildman–Crippen LogP) is 3.34. The summed E-state index contributed by atoms with van der Waals surface area (Å²) < 4.78 is 5.56. The molecule has 1 atom stereocenters. The summed E-state index contributed by atoms with van der Waals surface area (Å²) in [5, 5.41) is 0.493. The number of Topliss-reactive ketones (excluding diaryl/α,β-unsaturated/α-hetero) is 1. The lowest BCUT2D eigenvalue weighted by Gasteiger charge is -2.32. The summed E-state index contributed by atoms with van der Waals surface area (Å²) in [6.07, 6.45) is -0.609. The Morgan fingerprint density at radius 2 is 2.00 bits per heavy atom. The van der Waals surface area contributed by atoms with Crippen LogP contribution in [0.15, 0.2) is 48.5 Å². The van der Waals surface area contributed by atoms with E-state index in [2.05, 4.69) is 0 Å². The van der Waals surface area contributed by atoms with Crippen molar-refractivity contribution in [3.8, 4) is 5.75 Å². The number of rotatable bonds is 3. The molecule has 1 heterocycles. The molecular weight excluding hydrogens is 302 g/mol. The fraction of sp³-hybridized carbons (Fsp3) is 0.176. The number of nitrogens with zero attached hydrogens (tertiary/aromatic N) is 1. The van der Waals surface area contributed by atoms with Gasteiger partial charge in [-0.25, -0.2) is 0 Å². The molecule has 1 amide bonds. The number of carbonyl (C=O) groups excluding carboxylic acids is 2. The molecule has 0 saturated carbocycles. The van der Waals surface area contributed by atoms with Crippen molar-refractivity contribution in [2.45, 2.75) is 13.0 Å². The zero-order valence-electron chi connectivity index (χ0n) is 12.0. The van der Waals surface area contributed by atoms with E-state index in [9.17, 15) is 9.59 Å². The normalized spacial score (nSPS) is 16.9. The fourth-order valence-corrected chi connectivity index (χ4v) is 2.61. The summed E-state index contributed by atoms with van der Waals surface area (Å²) in [5.74, 6) is 0.210. The van der Waals surface area contributed by atoms with Crippen LogP contribution in [-0.4, -0.2) is 24.3 Å². The third-order valence-corrected chi connectivity index (χ3v) is 3.76. The van der Waals surface area contributed by atoms with Gasteiger partial charge in [-0.15, -0.1) is 0 Å². The number of ether oxygens (including phenoxy) is 1. The lowest BCUT2D eigenvalue weighted by Crippen LogP contribution is -2.46. The first-order valence-electron chi connectivity index (χ1n) is 6.92. The van der Waals surface area contributed by atoms with Crippen LogP contribution in [0.2, 0.25) is 5.02 Å². The van der Waals surface area contributed by atoms with E-state index >= 15 is 0 Å². The Bertz CT molecular complexity index is 744. The SMILES string of the molecule is C[C@@H]1Oc2ccccc2N(CC(=O)c2cccc(Cl)c2)C1=O. The largest absolute Gasteiger partial charge is 0.479 e. The predicted molar refractivity (Wildman–Crippen MR) is 84.7 cm³/mol. The van der Waals surface area contributed by atoms with Gasteiger partial charge in [-0.1, -0.05) is 35.9 Å². The summed E-state index contributed by atoms with van der Waals surface area (Å²) in [4.78, 5) is 26.2. The number of ketones is 1. The number of hydrogen-bond acceptors (Lipinski definition) is 3. The number of anilines is 1. The second kappa shape index (κ2) is 5.81. The Morgan fingerprint density at radius 1 is 1.23 bits per heavy atom. The summed E-state index contributed by atoms with van der Waals surface area (Å²) >= 11 is 5.91. The summed E-state index contributed by atoms with van der Waals surface area (Å²) in [6.45, 7) is 1.64. The molecule has 0 radical (unpaired) electrons. The lowest BCUT2D eigenvalue weighted by atomic mass is 10.1.